The van der Waals surface area contributed by atoms with Gasteiger partial charge >= 0.3 is 0 Å². The average molecular weight is 458 g/mol. The second kappa shape index (κ2) is 8.58. The van der Waals surface area contributed by atoms with E-state index in [0.717, 1.165) is 49.3 Å². The first kappa shape index (κ1) is 23.5. The van der Waals surface area contributed by atoms with Crippen molar-refractivity contribution in [2.45, 2.75) is 110 Å². The second-order valence-electron chi connectivity index (χ2n) is 10.4. The summed E-state index contributed by atoms with van der Waals surface area (Å²) in [5, 5.41) is 0. The Balaban J connectivity index is 1.64. The molecule has 7 atom stereocenters. The minimum Gasteiger partial charge on any atom is -0.320 e. The van der Waals surface area contributed by atoms with Gasteiger partial charge in [0, 0.05) is 18.3 Å². The fourth-order valence-corrected chi connectivity index (χ4v) is 8.17. The van der Waals surface area contributed by atoms with Gasteiger partial charge in [-0.1, -0.05) is 52.9 Å². The maximum absolute atomic E-state index is 13.5. The number of ether oxygens (including phenoxy) is 1. The molecule has 0 radical (unpaired) electrons. The van der Waals surface area contributed by atoms with E-state index in [1.54, 1.807) is 6.92 Å². The molecular formula is C23H39NO6S. The van der Waals surface area contributed by atoms with E-state index in [2.05, 4.69) is 13.8 Å². The number of carbonyl (C=O) groups excluding carboxylic acids is 1. The van der Waals surface area contributed by atoms with E-state index in [-0.39, 0.29) is 23.5 Å². The molecule has 4 heterocycles. The Morgan fingerprint density at radius 2 is 1.71 bits per heavy atom. The quantitative estimate of drug-likeness (QED) is 0.398. The third-order valence-electron chi connectivity index (χ3n) is 8.28. The summed E-state index contributed by atoms with van der Waals surface area (Å²) in [6.45, 7) is 8.00. The Hall–Kier alpha value is -0.700. The number of carbonyl (C=O) groups is 1. The molecule has 1 aliphatic carbocycles. The average Bonchev–Trinajstić information content (AvgIpc) is 2.95. The normalized spacial score (nSPS) is 42.4. The molecule has 5 aliphatic rings. The van der Waals surface area contributed by atoms with Crippen LogP contribution >= 0.6 is 0 Å². The van der Waals surface area contributed by atoms with Gasteiger partial charge < -0.3 is 4.74 Å². The molecule has 4 saturated heterocycles. The van der Waals surface area contributed by atoms with Crippen LogP contribution < -0.4 is 0 Å². The molecule has 1 spiro atoms. The molecule has 1 saturated carbocycles. The zero-order valence-corrected chi connectivity index (χ0v) is 20.3. The lowest BCUT2D eigenvalue weighted by Crippen LogP contribution is -2.75. The van der Waals surface area contributed by atoms with Crippen LogP contribution in [0.25, 0.3) is 0 Å². The van der Waals surface area contributed by atoms with Crippen molar-refractivity contribution in [1.82, 2.24) is 4.31 Å². The maximum atomic E-state index is 13.5. The Morgan fingerprint density at radius 1 is 1.00 bits per heavy atom. The van der Waals surface area contributed by atoms with E-state index < -0.39 is 33.6 Å². The van der Waals surface area contributed by atoms with Gasteiger partial charge in [0.25, 0.3) is 0 Å². The van der Waals surface area contributed by atoms with Gasteiger partial charge in [0.05, 0.1) is 5.75 Å². The maximum Gasteiger partial charge on any atom is 0.241 e. The number of sulfonamides is 1. The third kappa shape index (κ3) is 3.85. The van der Waals surface area contributed by atoms with Crippen molar-refractivity contribution in [3.05, 3.63) is 0 Å². The van der Waals surface area contributed by atoms with Gasteiger partial charge in [0.2, 0.25) is 21.7 Å². The fourth-order valence-electron chi connectivity index (χ4n) is 6.46. The predicted molar refractivity (Wildman–Crippen MR) is 116 cm³/mol. The lowest BCUT2D eigenvalue weighted by Gasteiger charge is -2.61. The summed E-state index contributed by atoms with van der Waals surface area (Å²) in [6, 6.07) is 0. The topological polar surface area (TPSA) is 82.1 Å². The smallest absolute Gasteiger partial charge is 0.241 e. The first-order chi connectivity index (χ1) is 14.7. The number of hydrogen-bond donors (Lipinski definition) is 0. The molecule has 0 aromatic rings. The van der Waals surface area contributed by atoms with Crippen molar-refractivity contribution in [3.63, 3.8) is 0 Å². The van der Waals surface area contributed by atoms with Crippen molar-refractivity contribution < 1.29 is 27.7 Å². The first-order valence-corrected chi connectivity index (χ1v) is 13.9. The molecule has 1 amide bonds. The van der Waals surface area contributed by atoms with Crippen LogP contribution in [0.1, 0.15) is 91.9 Å². The molecule has 31 heavy (non-hydrogen) atoms. The summed E-state index contributed by atoms with van der Waals surface area (Å²) in [5.41, 5.74) is -0.921. The monoisotopic (exact) mass is 457 g/mol. The number of unbranched alkanes of at least 4 members (excludes halogenated alkanes) is 5. The van der Waals surface area contributed by atoms with Gasteiger partial charge in [0.1, 0.15) is 0 Å². The molecule has 0 aromatic carbocycles. The summed E-state index contributed by atoms with van der Waals surface area (Å²) in [7, 11) is -3.82. The minimum absolute atomic E-state index is 0.0318. The van der Waals surface area contributed by atoms with Crippen LogP contribution in [0.2, 0.25) is 0 Å². The van der Waals surface area contributed by atoms with Gasteiger partial charge in [-0.2, -0.15) is 0 Å². The SMILES string of the molecule is CCCCCCCCS(=O)(=O)N1C(=O)[C@H](C)[C@@H]2CC[C@@H](C)[C@@H]3CC[C@]4(C)OO[C@]32[C@H]1O4. The van der Waals surface area contributed by atoms with E-state index in [1.807, 2.05) is 6.92 Å². The third-order valence-corrected chi connectivity index (χ3v) is 10.1. The van der Waals surface area contributed by atoms with Crippen LogP contribution in [0.3, 0.4) is 0 Å². The largest absolute Gasteiger partial charge is 0.320 e. The number of hydrogen-bond acceptors (Lipinski definition) is 6. The van der Waals surface area contributed by atoms with Crippen LogP contribution in [0.5, 0.6) is 0 Å². The van der Waals surface area contributed by atoms with Crippen molar-refractivity contribution in [1.29, 1.82) is 0 Å². The van der Waals surface area contributed by atoms with E-state index in [4.69, 9.17) is 14.5 Å². The minimum atomic E-state index is -3.82. The summed E-state index contributed by atoms with van der Waals surface area (Å²) in [5.74, 6) is -1.51. The van der Waals surface area contributed by atoms with Crippen LogP contribution in [-0.2, 0) is 29.3 Å². The Bertz CT molecular complexity index is 787. The summed E-state index contributed by atoms with van der Waals surface area (Å²) in [6.07, 6.45) is 8.23. The summed E-state index contributed by atoms with van der Waals surface area (Å²) in [4.78, 5) is 25.4. The zero-order valence-electron chi connectivity index (χ0n) is 19.5. The van der Waals surface area contributed by atoms with Gasteiger partial charge in [0.15, 0.2) is 11.8 Å². The molecule has 0 aromatic heterocycles. The van der Waals surface area contributed by atoms with E-state index in [1.165, 1.54) is 6.42 Å². The van der Waals surface area contributed by atoms with E-state index in [0.29, 0.717) is 18.8 Å². The molecule has 0 N–H and O–H groups in total. The molecular weight excluding hydrogens is 418 g/mol. The van der Waals surface area contributed by atoms with E-state index in [9.17, 15) is 13.2 Å². The number of nitrogens with zero attached hydrogens (tertiary/aromatic N) is 1. The zero-order chi connectivity index (χ0) is 22.4. The highest BCUT2D eigenvalue weighted by molar-refractivity contribution is 7.89. The van der Waals surface area contributed by atoms with E-state index >= 15 is 0 Å². The van der Waals surface area contributed by atoms with Crippen molar-refractivity contribution in [2.24, 2.45) is 23.7 Å². The molecule has 5 rings (SSSR count). The van der Waals surface area contributed by atoms with Crippen LogP contribution in [0.15, 0.2) is 0 Å². The number of fused-ring (bicyclic) bond motifs is 2. The predicted octanol–water partition coefficient (Wildman–Crippen LogP) is 4.37. The highest BCUT2D eigenvalue weighted by Gasteiger charge is 2.72. The highest BCUT2D eigenvalue weighted by atomic mass is 32.2. The number of amides is 1. The Kier molecular flexibility index (Phi) is 6.49. The van der Waals surface area contributed by atoms with Gasteiger partial charge in [-0.15, -0.1) is 0 Å². The van der Waals surface area contributed by atoms with Crippen molar-refractivity contribution in [3.8, 4) is 0 Å². The number of rotatable bonds is 8. The molecule has 8 heteroatoms. The lowest BCUT2D eigenvalue weighted by molar-refractivity contribution is -0.544. The molecule has 5 fully saturated rings. The highest BCUT2D eigenvalue weighted by Crippen LogP contribution is 2.60. The Labute approximate surface area is 187 Å². The summed E-state index contributed by atoms with van der Waals surface area (Å²) < 4.78 is 34.4. The standard InChI is InChI=1S/C23H39NO6S/c1-5-6-7-8-9-10-15-31(26,27)24-20(25)17(3)19-12-11-16(2)18-13-14-22(4)28-21(24)23(18,19)30-29-22/h16-19,21H,5-15H2,1-4H3/t16-,17-,18+,19+,21-,22+,23-/m1/s1. The molecule has 178 valence electrons. The molecule has 0 unspecified atom stereocenters. The van der Waals surface area contributed by atoms with Gasteiger partial charge in [-0.3, -0.25) is 4.79 Å². The summed E-state index contributed by atoms with van der Waals surface area (Å²) >= 11 is 0. The van der Waals surface area contributed by atoms with Crippen molar-refractivity contribution >= 4 is 15.9 Å². The van der Waals surface area contributed by atoms with Gasteiger partial charge in [-0.05, 0) is 44.4 Å². The van der Waals surface area contributed by atoms with Crippen LogP contribution in [-0.4, -0.2) is 42.0 Å². The van der Waals surface area contributed by atoms with Crippen LogP contribution in [0.4, 0.5) is 0 Å². The fraction of sp³-hybridized carbons (Fsp3) is 0.957. The molecule has 7 nitrogen and oxygen atoms in total. The molecule has 2 bridgehead atoms. The molecule has 4 aliphatic heterocycles. The van der Waals surface area contributed by atoms with Gasteiger partial charge in [-0.25, -0.2) is 22.5 Å². The number of piperidine rings is 1. The van der Waals surface area contributed by atoms with Crippen LogP contribution in [0, 0.1) is 23.7 Å². The van der Waals surface area contributed by atoms with Crippen molar-refractivity contribution in [2.75, 3.05) is 5.75 Å². The Morgan fingerprint density at radius 3 is 2.45 bits per heavy atom. The first-order valence-electron chi connectivity index (χ1n) is 12.3. The lowest BCUT2D eigenvalue weighted by atomic mass is 9.57. The second-order valence-corrected chi connectivity index (χ2v) is 12.4.